The molecular weight excluding hydrogens is 391 g/mol. The van der Waals surface area contributed by atoms with Crippen molar-refractivity contribution < 1.29 is 18.7 Å². The first-order valence-electron chi connectivity index (χ1n) is 7.40. The van der Waals surface area contributed by atoms with Crippen LogP contribution in [0.25, 0.3) is 6.08 Å². The number of benzene rings is 2. The Hall–Kier alpha value is -2.67. The summed E-state index contributed by atoms with van der Waals surface area (Å²) in [6.07, 6.45) is 1.90. The third kappa shape index (κ3) is 6.04. The van der Waals surface area contributed by atoms with Crippen LogP contribution in [0.1, 0.15) is 12.5 Å². The van der Waals surface area contributed by atoms with Crippen molar-refractivity contribution in [3.05, 3.63) is 70.5 Å². The van der Waals surface area contributed by atoms with Gasteiger partial charge in [0, 0.05) is 10.5 Å². The minimum Gasteiger partial charge on any atom is -0.478 e. The average molecular weight is 407 g/mol. The van der Waals surface area contributed by atoms with Crippen LogP contribution >= 0.6 is 15.9 Å². The summed E-state index contributed by atoms with van der Waals surface area (Å²) in [5.41, 5.74) is 5.29. The van der Waals surface area contributed by atoms with Gasteiger partial charge in [0.1, 0.15) is 0 Å². The molecule has 0 unspecified atom stereocenters. The Labute approximate surface area is 153 Å². The van der Waals surface area contributed by atoms with E-state index in [1.165, 1.54) is 31.2 Å². The lowest BCUT2D eigenvalue weighted by Crippen LogP contribution is -2.46. The predicted molar refractivity (Wildman–Crippen MR) is 96.0 cm³/mol. The maximum absolute atomic E-state index is 13.5. The molecule has 0 bridgehead atoms. The quantitative estimate of drug-likeness (QED) is 0.591. The van der Waals surface area contributed by atoms with Gasteiger partial charge in [-0.25, -0.2) is 4.39 Å². The van der Waals surface area contributed by atoms with E-state index in [4.69, 9.17) is 4.74 Å². The number of halogens is 2. The lowest BCUT2D eigenvalue weighted by Gasteiger charge is -2.15. The molecule has 2 aromatic carbocycles. The van der Waals surface area contributed by atoms with Crippen molar-refractivity contribution in [2.75, 3.05) is 0 Å². The predicted octanol–water partition coefficient (Wildman–Crippen LogP) is 3.22. The van der Waals surface area contributed by atoms with E-state index >= 15 is 0 Å². The third-order valence-electron chi connectivity index (χ3n) is 3.09. The van der Waals surface area contributed by atoms with Crippen LogP contribution in [0.2, 0.25) is 0 Å². The van der Waals surface area contributed by atoms with Crippen LogP contribution in [-0.4, -0.2) is 17.9 Å². The molecule has 2 N–H and O–H groups in total. The molecule has 2 amide bonds. The highest BCUT2D eigenvalue weighted by atomic mass is 79.9. The average Bonchev–Trinajstić information content (AvgIpc) is 2.59. The standard InChI is InChI=1S/C18H16BrFN2O3/c1-12(25-16-8-3-2-7-15(16)20)18(24)22-21-17(23)10-9-13-5-4-6-14(19)11-13/h2-12H,1H3,(H,21,23)(H,22,24)/b10-9+/t12-/m1/s1. The molecule has 0 fully saturated rings. The fourth-order valence-corrected chi connectivity index (χ4v) is 2.25. The highest BCUT2D eigenvalue weighted by Crippen LogP contribution is 2.17. The van der Waals surface area contributed by atoms with Gasteiger partial charge in [-0.15, -0.1) is 0 Å². The monoisotopic (exact) mass is 406 g/mol. The fraction of sp³-hybridized carbons (Fsp3) is 0.111. The van der Waals surface area contributed by atoms with E-state index in [1.54, 1.807) is 12.1 Å². The Morgan fingerprint density at radius 1 is 1.16 bits per heavy atom. The molecule has 0 radical (unpaired) electrons. The summed E-state index contributed by atoms with van der Waals surface area (Å²) in [6.45, 7) is 1.45. The number of para-hydroxylation sites is 1. The second kappa shape index (κ2) is 8.98. The molecule has 1 atom stereocenters. The zero-order valence-corrected chi connectivity index (χ0v) is 14.9. The van der Waals surface area contributed by atoms with Crippen molar-refractivity contribution >= 4 is 33.8 Å². The SMILES string of the molecule is C[C@@H](Oc1ccccc1F)C(=O)NNC(=O)/C=C/c1cccc(Br)c1. The Morgan fingerprint density at radius 3 is 2.64 bits per heavy atom. The molecule has 0 saturated carbocycles. The number of carbonyl (C=O) groups excluding carboxylic acids is 2. The molecular formula is C18H16BrFN2O3. The zero-order chi connectivity index (χ0) is 18.2. The topological polar surface area (TPSA) is 67.4 Å². The van der Waals surface area contributed by atoms with E-state index in [2.05, 4.69) is 26.8 Å². The normalized spacial score (nSPS) is 11.8. The first kappa shape index (κ1) is 18.7. The second-order valence-electron chi connectivity index (χ2n) is 5.06. The summed E-state index contributed by atoms with van der Waals surface area (Å²) in [4.78, 5) is 23.6. The van der Waals surface area contributed by atoms with Crippen LogP contribution in [0.15, 0.2) is 59.1 Å². The summed E-state index contributed by atoms with van der Waals surface area (Å²) in [5.74, 6) is -1.71. The van der Waals surface area contributed by atoms with Gasteiger partial charge < -0.3 is 4.74 Å². The molecule has 0 spiro atoms. The largest absolute Gasteiger partial charge is 0.478 e. The minimum atomic E-state index is -0.980. The summed E-state index contributed by atoms with van der Waals surface area (Å²) >= 11 is 3.34. The summed E-state index contributed by atoms with van der Waals surface area (Å²) in [5, 5.41) is 0. The molecule has 0 aromatic heterocycles. The molecule has 130 valence electrons. The molecule has 2 aromatic rings. The van der Waals surface area contributed by atoms with Gasteiger partial charge in [-0.05, 0) is 42.8 Å². The van der Waals surface area contributed by atoms with Crippen molar-refractivity contribution in [1.82, 2.24) is 10.9 Å². The number of hydrogen-bond acceptors (Lipinski definition) is 3. The van der Waals surface area contributed by atoms with Gasteiger partial charge in [0.2, 0.25) is 0 Å². The molecule has 0 aliphatic rings. The molecule has 7 heteroatoms. The molecule has 5 nitrogen and oxygen atoms in total. The summed E-state index contributed by atoms with van der Waals surface area (Å²) in [6, 6.07) is 13.1. The van der Waals surface area contributed by atoms with Crippen LogP contribution in [0, 0.1) is 5.82 Å². The zero-order valence-electron chi connectivity index (χ0n) is 13.3. The number of ether oxygens (including phenoxy) is 1. The van der Waals surface area contributed by atoms with E-state index in [1.807, 2.05) is 24.3 Å². The molecule has 0 aliphatic heterocycles. The number of rotatable bonds is 5. The van der Waals surface area contributed by atoms with E-state index in [-0.39, 0.29) is 5.75 Å². The third-order valence-corrected chi connectivity index (χ3v) is 3.59. The number of hydrogen-bond donors (Lipinski definition) is 2. The molecule has 0 heterocycles. The van der Waals surface area contributed by atoms with Crippen molar-refractivity contribution in [3.63, 3.8) is 0 Å². The minimum absolute atomic E-state index is 0.0361. The van der Waals surface area contributed by atoms with Gasteiger partial charge >= 0.3 is 0 Å². The van der Waals surface area contributed by atoms with Crippen LogP contribution < -0.4 is 15.6 Å². The Bertz CT molecular complexity index is 795. The first-order valence-corrected chi connectivity index (χ1v) is 8.19. The van der Waals surface area contributed by atoms with Crippen molar-refractivity contribution in [2.45, 2.75) is 13.0 Å². The maximum Gasteiger partial charge on any atom is 0.279 e. The molecule has 0 saturated heterocycles. The van der Waals surface area contributed by atoms with Crippen LogP contribution in [0.4, 0.5) is 4.39 Å². The van der Waals surface area contributed by atoms with Crippen LogP contribution in [0.3, 0.4) is 0 Å². The smallest absolute Gasteiger partial charge is 0.279 e. The number of carbonyl (C=O) groups is 2. The molecule has 25 heavy (non-hydrogen) atoms. The van der Waals surface area contributed by atoms with Gasteiger partial charge in [-0.2, -0.15) is 0 Å². The van der Waals surface area contributed by atoms with Crippen molar-refractivity contribution in [1.29, 1.82) is 0 Å². The van der Waals surface area contributed by atoms with Gasteiger partial charge in [-0.1, -0.05) is 40.2 Å². The number of nitrogens with one attached hydrogen (secondary N) is 2. The summed E-state index contributed by atoms with van der Waals surface area (Å²) in [7, 11) is 0. The second-order valence-corrected chi connectivity index (χ2v) is 5.97. The highest BCUT2D eigenvalue weighted by Gasteiger charge is 2.16. The van der Waals surface area contributed by atoms with Gasteiger partial charge in [0.25, 0.3) is 11.8 Å². The van der Waals surface area contributed by atoms with E-state index in [9.17, 15) is 14.0 Å². The van der Waals surface area contributed by atoms with E-state index in [0.717, 1.165) is 10.0 Å². The van der Waals surface area contributed by atoms with Gasteiger partial charge in [0.05, 0.1) is 0 Å². The van der Waals surface area contributed by atoms with E-state index in [0.29, 0.717) is 0 Å². The Morgan fingerprint density at radius 2 is 1.92 bits per heavy atom. The number of hydrazine groups is 1. The highest BCUT2D eigenvalue weighted by molar-refractivity contribution is 9.10. The summed E-state index contributed by atoms with van der Waals surface area (Å²) < 4.78 is 19.6. The van der Waals surface area contributed by atoms with Crippen LogP contribution in [-0.2, 0) is 9.59 Å². The van der Waals surface area contributed by atoms with E-state index < -0.39 is 23.7 Å². The maximum atomic E-state index is 13.5. The number of amides is 2. The van der Waals surface area contributed by atoms with Crippen molar-refractivity contribution in [2.24, 2.45) is 0 Å². The molecule has 2 rings (SSSR count). The van der Waals surface area contributed by atoms with Crippen molar-refractivity contribution in [3.8, 4) is 5.75 Å². The first-order chi connectivity index (χ1) is 12.0. The Balaban J connectivity index is 1.82. The Kier molecular flexibility index (Phi) is 6.71. The lowest BCUT2D eigenvalue weighted by atomic mass is 10.2. The van der Waals surface area contributed by atoms with Crippen LogP contribution in [0.5, 0.6) is 5.75 Å². The van der Waals surface area contributed by atoms with Gasteiger partial charge in [0.15, 0.2) is 17.7 Å². The van der Waals surface area contributed by atoms with Gasteiger partial charge in [-0.3, -0.25) is 20.4 Å². The molecule has 0 aliphatic carbocycles. The lowest BCUT2D eigenvalue weighted by molar-refractivity contribution is -0.131. The fourth-order valence-electron chi connectivity index (χ4n) is 1.83.